The molecule has 1 rings (SSSR count). The van der Waals surface area contributed by atoms with Crippen LogP contribution in [0.4, 0.5) is 0 Å². The number of phenols is 1. The van der Waals surface area contributed by atoms with Gasteiger partial charge in [-0.3, -0.25) is 0 Å². The molecule has 0 aliphatic carbocycles. The zero-order valence-corrected chi connectivity index (χ0v) is 13.7. The van der Waals surface area contributed by atoms with Crippen LogP contribution in [0.15, 0.2) is 18.2 Å². The Hall–Kier alpha value is 0.0200. The summed E-state index contributed by atoms with van der Waals surface area (Å²) < 4.78 is 0. The molecule has 1 aromatic rings. The zero-order chi connectivity index (χ0) is 11.9. The summed E-state index contributed by atoms with van der Waals surface area (Å²) in [5, 5.41) is 10.3. The smallest absolute Gasteiger partial charge is 0.123 e. The van der Waals surface area contributed by atoms with E-state index < -0.39 is 0 Å². The van der Waals surface area contributed by atoms with Crippen LogP contribution in [0.2, 0.25) is 0 Å². The van der Waals surface area contributed by atoms with Gasteiger partial charge in [0, 0.05) is 29.6 Å². The Balaban J connectivity index is 0.00000225. The van der Waals surface area contributed by atoms with Crippen molar-refractivity contribution >= 4 is 29.6 Å². The second kappa shape index (κ2) is 5.12. The summed E-state index contributed by atoms with van der Waals surface area (Å²) in [6.45, 7) is 12.7. The molecule has 0 aromatic heterocycles. The Bertz CT molecular complexity index is 324. The van der Waals surface area contributed by atoms with Crippen LogP contribution in [0.1, 0.15) is 52.7 Å². The third-order valence-electron chi connectivity index (χ3n) is 2.65. The second-order valence-electron chi connectivity index (χ2n) is 6.20. The van der Waals surface area contributed by atoms with E-state index in [0.717, 1.165) is 11.1 Å². The number of benzene rings is 1. The predicted octanol–water partition coefficient (Wildman–Crippen LogP) is 3.61. The molecule has 2 heteroatoms. The Morgan fingerprint density at radius 2 is 1.12 bits per heavy atom. The van der Waals surface area contributed by atoms with Gasteiger partial charge in [0.25, 0.3) is 0 Å². The van der Waals surface area contributed by atoms with Crippen LogP contribution >= 0.6 is 0 Å². The van der Waals surface area contributed by atoms with Crippen LogP contribution in [0, 0.1) is 0 Å². The number of para-hydroxylation sites is 1. The Labute approximate surface area is 122 Å². The van der Waals surface area contributed by atoms with Gasteiger partial charge in [0.15, 0.2) is 0 Å². The summed E-state index contributed by atoms with van der Waals surface area (Å²) in [6.07, 6.45) is 0. The predicted molar refractivity (Wildman–Crippen MR) is 71.3 cm³/mol. The van der Waals surface area contributed by atoms with E-state index in [1.165, 1.54) is 0 Å². The van der Waals surface area contributed by atoms with Crippen molar-refractivity contribution in [1.29, 1.82) is 0 Å². The topological polar surface area (TPSA) is 20.2 Å². The summed E-state index contributed by atoms with van der Waals surface area (Å²) in [5.74, 6) is 0.456. The minimum absolute atomic E-state index is 0. The van der Waals surface area contributed by atoms with Crippen molar-refractivity contribution in [1.82, 2.24) is 0 Å². The summed E-state index contributed by atoms with van der Waals surface area (Å²) in [7, 11) is 0. The standard InChI is InChI=1S/C14H22O.Na/c1-13(2,3)10-8-7-9-11(12(10)15)14(4,5)6;/h7-9,15H,1-6H3;. The van der Waals surface area contributed by atoms with Crippen molar-refractivity contribution in [3.8, 4) is 5.75 Å². The van der Waals surface area contributed by atoms with E-state index >= 15 is 0 Å². The Morgan fingerprint density at radius 3 is 1.38 bits per heavy atom. The van der Waals surface area contributed by atoms with Crippen LogP contribution in [0.3, 0.4) is 0 Å². The van der Waals surface area contributed by atoms with Crippen molar-refractivity contribution in [3.05, 3.63) is 29.3 Å². The maximum atomic E-state index is 10.3. The van der Waals surface area contributed by atoms with Gasteiger partial charge in [0.1, 0.15) is 5.75 Å². The van der Waals surface area contributed by atoms with Crippen molar-refractivity contribution in [2.75, 3.05) is 0 Å². The largest absolute Gasteiger partial charge is 0.507 e. The number of phenolic OH excluding ortho intramolecular Hbond substituents is 1. The first-order valence-corrected chi connectivity index (χ1v) is 5.47. The van der Waals surface area contributed by atoms with Gasteiger partial charge in [-0.25, -0.2) is 0 Å². The zero-order valence-electron chi connectivity index (χ0n) is 11.7. The van der Waals surface area contributed by atoms with Crippen molar-refractivity contribution in [3.63, 3.8) is 0 Å². The average Bonchev–Trinajstić information content (AvgIpc) is 1.99. The van der Waals surface area contributed by atoms with Gasteiger partial charge >= 0.3 is 0 Å². The molecule has 0 aliphatic rings. The molecule has 16 heavy (non-hydrogen) atoms. The van der Waals surface area contributed by atoms with Gasteiger partial charge in [0.05, 0.1) is 0 Å². The van der Waals surface area contributed by atoms with Crippen LogP contribution in [-0.2, 0) is 10.8 Å². The third kappa shape index (κ3) is 3.51. The molecule has 0 fully saturated rings. The summed E-state index contributed by atoms with van der Waals surface area (Å²) in [4.78, 5) is 0. The van der Waals surface area contributed by atoms with Gasteiger partial charge in [0.2, 0.25) is 0 Å². The molecule has 1 aromatic carbocycles. The number of hydrogen-bond acceptors (Lipinski definition) is 1. The van der Waals surface area contributed by atoms with Crippen LogP contribution in [0.25, 0.3) is 0 Å². The van der Waals surface area contributed by atoms with Crippen LogP contribution in [0.5, 0.6) is 5.75 Å². The fourth-order valence-electron chi connectivity index (χ4n) is 1.75. The molecule has 1 radical (unpaired) electrons. The molecular weight excluding hydrogens is 207 g/mol. The van der Waals surface area contributed by atoms with E-state index in [2.05, 4.69) is 41.5 Å². The van der Waals surface area contributed by atoms with E-state index in [1.807, 2.05) is 18.2 Å². The maximum absolute atomic E-state index is 10.3. The first kappa shape index (κ1) is 16.0. The van der Waals surface area contributed by atoms with Gasteiger partial charge in [-0.15, -0.1) is 0 Å². The molecule has 85 valence electrons. The van der Waals surface area contributed by atoms with E-state index in [0.29, 0.717) is 5.75 Å². The minimum Gasteiger partial charge on any atom is -0.507 e. The van der Waals surface area contributed by atoms with Crippen molar-refractivity contribution in [2.45, 2.75) is 52.4 Å². The van der Waals surface area contributed by atoms with E-state index in [1.54, 1.807) is 0 Å². The molecule has 0 heterocycles. The summed E-state index contributed by atoms with van der Waals surface area (Å²) in [6, 6.07) is 6.04. The normalized spacial score (nSPS) is 12.1. The minimum atomic E-state index is -0.00859. The number of rotatable bonds is 0. The molecule has 1 N–H and O–H groups in total. The molecule has 0 spiro atoms. The number of aromatic hydroxyl groups is 1. The molecular formula is C14H22NaO. The van der Waals surface area contributed by atoms with Gasteiger partial charge in [-0.1, -0.05) is 59.7 Å². The molecule has 1 nitrogen and oxygen atoms in total. The van der Waals surface area contributed by atoms with Crippen LogP contribution in [-0.4, -0.2) is 34.7 Å². The number of hydrogen-bond donors (Lipinski definition) is 1. The van der Waals surface area contributed by atoms with Crippen molar-refractivity contribution < 1.29 is 5.11 Å². The van der Waals surface area contributed by atoms with E-state index in [-0.39, 0.29) is 40.4 Å². The van der Waals surface area contributed by atoms with Gasteiger partial charge < -0.3 is 5.11 Å². The first-order chi connectivity index (χ1) is 6.64. The fourth-order valence-corrected chi connectivity index (χ4v) is 1.75. The fraction of sp³-hybridized carbons (Fsp3) is 0.571. The molecule has 0 aliphatic heterocycles. The van der Waals surface area contributed by atoms with Crippen molar-refractivity contribution in [2.24, 2.45) is 0 Å². The molecule has 0 amide bonds. The molecule has 0 saturated heterocycles. The summed E-state index contributed by atoms with van der Waals surface area (Å²) >= 11 is 0. The molecule has 0 bridgehead atoms. The molecule has 0 unspecified atom stereocenters. The molecule has 0 atom stereocenters. The average molecular weight is 229 g/mol. The van der Waals surface area contributed by atoms with Crippen LogP contribution < -0.4 is 0 Å². The monoisotopic (exact) mass is 229 g/mol. The Morgan fingerprint density at radius 1 is 0.812 bits per heavy atom. The van der Waals surface area contributed by atoms with Gasteiger partial charge in [-0.2, -0.15) is 0 Å². The van der Waals surface area contributed by atoms with E-state index in [9.17, 15) is 5.11 Å². The SMILES string of the molecule is CC(C)(C)c1cccc(C(C)(C)C)c1O.[Na]. The third-order valence-corrected chi connectivity index (χ3v) is 2.65. The quantitative estimate of drug-likeness (QED) is 0.674. The summed E-state index contributed by atoms with van der Waals surface area (Å²) in [5.41, 5.74) is 2.03. The van der Waals surface area contributed by atoms with E-state index in [4.69, 9.17) is 0 Å². The first-order valence-electron chi connectivity index (χ1n) is 5.47. The second-order valence-corrected chi connectivity index (χ2v) is 6.20. The van der Waals surface area contributed by atoms with Gasteiger partial charge in [-0.05, 0) is 22.0 Å². The molecule has 0 saturated carbocycles. The Kier molecular flexibility index (Phi) is 5.12. The maximum Gasteiger partial charge on any atom is 0.123 e.